The Bertz CT molecular complexity index is 540. The van der Waals surface area contributed by atoms with Crippen LogP contribution in [0.3, 0.4) is 0 Å². The lowest BCUT2D eigenvalue weighted by atomic mass is 10.1. The van der Waals surface area contributed by atoms with Crippen molar-refractivity contribution in [1.29, 1.82) is 0 Å². The van der Waals surface area contributed by atoms with Crippen molar-refractivity contribution in [2.75, 3.05) is 0 Å². The fourth-order valence-corrected chi connectivity index (χ4v) is 2.27. The Morgan fingerprint density at radius 1 is 1.44 bits per heavy atom. The van der Waals surface area contributed by atoms with Gasteiger partial charge in [-0.3, -0.25) is 0 Å². The number of halogens is 1. The minimum Gasteiger partial charge on any atom is -0.393 e. The molecular formula is C13H15BrN2O2. The largest absolute Gasteiger partial charge is 0.393 e. The molecule has 1 aromatic heterocycles. The van der Waals surface area contributed by atoms with Crippen LogP contribution in [0, 0.1) is 6.92 Å². The minimum atomic E-state index is -0.431. The molecule has 0 bridgehead atoms. The van der Waals surface area contributed by atoms with Crippen molar-refractivity contribution in [3.05, 3.63) is 34.1 Å². The topological polar surface area (TPSA) is 59.2 Å². The second-order valence-corrected chi connectivity index (χ2v) is 5.12. The maximum atomic E-state index is 9.55. The van der Waals surface area contributed by atoms with Gasteiger partial charge < -0.3 is 9.63 Å². The lowest BCUT2D eigenvalue weighted by Crippen LogP contribution is -2.08. The number of aromatic nitrogens is 2. The Kier molecular flexibility index (Phi) is 4.14. The molecule has 1 aromatic carbocycles. The van der Waals surface area contributed by atoms with Gasteiger partial charge in [0.25, 0.3) is 0 Å². The van der Waals surface area contributed by atoms with Crippen LogP contribution in [0.1, 0.15) is 24.8 Å². The SMILES string of the molecule is CCC(O)Cc1nc(-c2ccc(C)cc2Br)no1. The molecule has 18 heavy (non-hydrogen) atoms. The summed E-state index contributed by atoms with van der Waals surface area (Å²) >= 11 is 3.49. The zero-order valence-electron chi connectivity index (χ0n) is 10.4. The second-order valence-electron chi connectivity index (χ2n) is 4.26. The third-order valence-corrected chi connectivity index (χ3v) is 3.37. The number of rotatable bonds is 4. The summed E-state index contributed by atoms with van der Waals surface area (Å²) in [5.41, 5.74) is 2.05. The molecule has 1 atom stereocenters. The molecule has 0 saturated heterocycles. The highest BCUT2D eigenvalue weighted by Crippen LogP contribution is 2.27. The van der Waals surface area contributed by atoms with E-state index in [1.165, 1.54) is 0 Å². The maximum Gasteiger partial charge on any atom is 0.229 e. The van der Waals surface area contributed by atoms with Crippen molar-refractivity contribution in [3.63, 3.8) is 0 Å². The summed E-state index contributed by atoms with van der Waals surface area (Å²) in [5.74, 6) is 1.01. The maximum absolute atomic E-state index is 9.55. The monoisotopic (exact) mass is 310 g/mol. The van der Waals surface area contributed by atoms with E-state index in [1.54, 1.807) is 0 Å². The molecule has 1 N–H and O–H groups in total. The van der Waals surface area contributed by atoms with Crippen LogP contribution < -0.4 is 0 Å². The average molecular weight is 311 g/mol. The first kappa shape index (κ1) is 13.2. The van der Waals surface area contributed by atoms with E-state index in [0.29, 0.717) is 24.6 Å². The van der Waals surface area contributed by atoms with Gasteiger partial charge in [0, 0.05) is 10.0 Å². The molecule has 0 spiro atoms. The highest BCUT2D eigenvalue weighted by Gasteiger charge is 2.13. The predicted octanol–water partition coefficient (Wildman–Crippen LogP) is 3.12. The van der Waals surface area contributed by atoms with Gasteiger partial charge in [0.15, 0.2) is 0 Å². The molecular weight excluding hydrogens is 296 g/mol. The van der Waals surface area contributed by atoms with Gasteiger partial charge in [-0.25, -0.2) is 0 Å². The molecule has 1 heterocycles. The molecule has 1 unspecified atom stereocenters. The van der Waals surface area contributed by atoms with Crippen LogP contribution >= 0.6 is 15.9 Å². The van der Waals surface area contributed by atoms with Crippen molar-refractivity contribution in [1.82, 2.24) is 10.1 Å². The summed E-state index contributed by atoms with van der Waals surface area (Å²) in [5, 5.41) is 13.5. The van der Waals surface area contributed by atoms with Gasteiger partial charge in [0.2, 0.25) is 11.7 Å². The molecule has 2 aromatic rings. The Balaban J connectivity index is 2.24. The van der Waals surface area contributed by atoms with Crippen molar-refractivity contribution in [3.8, 4) is 11.4 Å². The van der Waals surface area contributed by atoms with Crippen LogP contribution in [0.4, 0.5) is 0 Å². The standard InChI is InChI=1S/C13H15BrN2O2/c1-3-9(17)7-12-15-13(16-18-12)10-5-4-8(2)6-11(10)14/h4-6,9,17H,3,7H2,1-2H3. The predicted molar refractivity (Wildman–Crippen MR) is 72.2 cm³/mol. The smallest absolute Gasteiger partial charge is 0.229 e. The molecule has 96 valence electrons. The lowest BCUT2D eigenvalue weighted by Gasteiger charge is -2.01. The van der Waals surface area contributed by atoms with Gasteiger partial charge in [0.05, 0.1) is 12.5 Å². The first-order valence-electron chi connectivity index (χ1n) is 5.87. The summed E-state index contributed by atoms with van der Waals surface area (Å²) in [7, 11) is 0. The van der Waals surface area contributed by atoms with Crippen molar-refractivity contribution < 1.29 is 9.63 Å². The number of aliphatic hydroxyl groups is 1. The molecule has 0 radical (unpaired) electrons. The summed E-state index contributed by atoms with van der Waals surface area (Å²) in [6.45, 7) is 3.94. The number of aliphatic hydroxyl groups excluding tert-OH is 1. The van der Waals surface area contributed by atoms with Gasteiger partial charge in [-0.1, -0.05) is 34.1 Å². The first-order valence-corrected chi connectivity index (χ1v) is 6.66. The lowest BCUT2D eigenvalue weighted by molar-refractivity contribution is 0.158. The van der Waals surface area contributed by atoms with Gasteiger partial charge in [-0.15, -0.1) is 0 Å². The van der Waals surface area contributed by atoms with E-state index in [9.17, 15) is 5.11 Å². The van der Waals surface area contributed by atoms with Gasteiger partial charge in [0.1, 0.15) is 0 Å². The van der Waals surface area contributed by atoms with Gasteiger partial charge in [-0.05, 0) is 31.0 Å². The zero-order valence-corrected chi connectivity index (χ0v) is 11.9. The van der Waals surface area contributed by atoms with Crippen molar-refractivity contribution in [2.45, 2.75) is 32.8 Å². The van der Waals surface area contributed by atoms with Crippen LogP contribution in [0.5, 0.6) is 0 Å². The van der Waals surface area contributed by atoms with Crippen LogP contribution in [0.15, 0.2) is 27.2 Å². The van der Waals surface area contributed by atoms with Gasteiger partial charge in [-0.2, -0.15) is 4.98 Å². The second kappa shape index (κ2) is 5.63. The highest BCUT2D eigenvalue weighted by molar-refractivity contribution is 9.10. The highest BCUT2D eigenvalue weighted by atomic mass is 79.9. The van der Waals surface area contributed by atoms with E-state index < -0.39 is 6.10 Å². The fraction of sp³-hybridized carbons (Fsp3) is 0.385. The van der Waals surface area contributed by atoms with E-state index in [4.69, 9.17) is 4.52 Å². The number of hydrogen-bond acceptors (Lipinski definition) is 4. The fourth-order valence-electron chi connectivity index (χ4n) is 1.59. The van der Waals surface area contributed by atoms with Crippen LogP contribution in [0.25, 0.3) is 11.4 Å². The number of nitrogens with zero attached hydrogens (tertiary/aromatic N) is 2. The van der Waals surface area contributed by atoms with Crippen LogP contribution in [-0.2, 0) is 6.42 Å². The van der Waals surface area contributed by atoms with E-state index in [2.05, 4.69) is 26.1 Å². The third kappa shape index (κ3) is 2.97. The summed E-state index contributed by atoms with van der Waals surface area (Å²) in [6, 6.07) is 5.95. The van der Waals surface area contributed by atoms with Crippen LogP contribution in [0.2, 0.25) is 0 Å². The minimum absolute atomic E-state index is 0.396. The molecule has 0 saturated carbocycles. The van der Waals surface area contributed by atoms with Gasteiger partial charge >= 0.3 is 0 Å². The average Bonchev–Trinajstić information content (AvgIpc) is 2.77. The number of hydrogen-bond donors (Lipinski definition) is 1. The zero-order chi connectivity index (χ0) is 13.1. The molecule has 0 aliphatic carbocycles. The Morgan fingerprint density at radius 2 is 2.22 bits per heavy atom. The molecule has 2 rings (SSSR count). The quantitative estimate of drug-likeness (QED) is 0.942. The molecule has 4 nitrogen and oxygen atoms in total. The third-order valence-electron chi connectivity index (χ3n) is 2.72. The molecule has 0 aliphatic heterocycles. The number of aryl methyl sites for hydroxylation is 1. The normalized spacial score (nSPS) is 12.7. The number of benzene rings is 1. The van der Waals surface area contributed by atoms with Crippen LogP contribution in [-0.4, -0.2) is 21.4 Å². The first-order chi connectivity index (χ1) is 8.60. The van der Waals surface area contributed by atoms with Crippen molar-refractivity contribution >= 4 is 15.9 Å². The molecule has 0 amide bonds. The molecule has 5 heteroatoms. The van der Waals surface area contributed by atoms with E-state index in [1.807, 2.05) is 32.0 Å². The summed E-state index contributed by atoms with van der Waals surface area (Å²) in [4.78, 5) is 4.29. The van der Waals surface area contributed by atoms with E-state index >= 15 is 0 Å². The Labute approximate surface area is 114 Å². The van der Waals surface area contributed by atoms with E-state index in [-0.39, 0.29) is 0 Å². The van der Waals surface area contributed by atoms with Crippen molar-refractivity contribution in [2.24, 2.45) is 0 Å². The summed E-state index contributed by atoms with van der Waals surface area (Å²) < 4.78 is 6.07. The Hall–Kier alpha value is -1.20. The molecule has 0 aliphatic rings. The molecule has 0 fully saturated rings. The summed E-state index contributed by atoms with van der Waals surface area (Å²) in [6.07, 6.45) is 0.638. The Morgan fingerprint density at radius 3 is 2.89 bits per heavy atom. The van der Waals surface area contributed by atoms with E-state index in [0.717, 1.165) is 15.6 Å².